The van der Waals surface area contributed by atoms with E-state index in [2.05, 4.69) is 24.1 Å². The van der Waals surface area contributed by atoms with Crippen molar-refractivity contribution in [2.24, 2.45) is 10.9 Å². The van der Waals surface area contributed by atoms with Crippen LogP contribution in [0.4, 0.5) is 0 Å². The number of aliphatic imine (C=N–C) groups is 1. The number of nitrogens with zero attached hydrogens (tertiary/aromatic N) is 1. The average molecular weight is 388 g/mol. The number of esters is 1. The number of hydrogen-bond acceptors (Lipinski definition) is 4. The summed E-state index contributed by atoms with van der Waals surface area (Å²) in [6, 6.07) is 8.23. The molecule has 0 bridgehead atoms. The smallest absolute Gasteiger partial charge is 0.308 e. The van der Waals surface area contributed by atoms with Gasteiger partial charge in [-0.15, -0.1) is 0 Å². The van der Waals surface area contributed by atoms with Crippen molar-refractivity contribution in [3.63, 3.8) is 0 Å². The Labute approximate surface area is 168 Å². The Kier molecular flexibility index (Phi) is 9.39. The lowest BCUT2D eigenvalue weighted by atomic mass is 9.86. The highest BCUT2D eigenvalue weighted by Gasteiger charge is 2.27. The molecule has 0 aromatic heterocycles. The topological polar surface area (TPSA) is 72.0 Å². The Morgan fingerprint density at radius 3 is 2.68 bits per heavy atom. The van der Waals surface area contributed by atoms with E-state index < -0.39 is 0 Å². The van der Waals surface area contributed by atoms with E-state index in [-0.39, 0.29) is 11.9 Å². The van der Waals surface area contributed by atoms with Gasteiger partial charge in [-0.2, -0.15) is 0 Å². The molecule has 0 spiro atoms. The molecule has 1 aromatic carbocycles. The van der Waals surface area contributed by atoms with E-state index in [0.717, 1.165) is 49.5 Å². The number of guanidine groups is 1. The van der Waals surface area contributed by atoms with Gasteiger partial charge < -0.3 is 20.1 Å². The number of hydrogen-bond donors (Lipinski definition) is 2. The van der Waals surface area contributed by atoms with Crippen molar-refractivity contribution in [2.75, 3.05) is 19.8 Å². The minimum Gasteiger partial charge on any atom is -0.489 e. The zero-order valence-corrected chi connectivity index (χ0v) is 17.1. The highest BCUT2D eigenvalue weighted by atomic mass is 16.5. The standard InChI is InChI=1S/C22H33N3O3/c1-4-15-28-20-10-8-7-9-18(20)16-24-22(23-5-2)25-19-13-11-17(12-14-19)21(26)27-6-3/h4,7-10,17,19H,1,5-6,11-16H2,2-3H3,(H2,23,24,25). The van der Waals surface area contributed by atoms with E-state index in [1.54, 1.807) is 6.08 Å². The molecule has 0 heterocycles. The van der Waals surface area contributed by atoms with Crippen LogP contribution in [0.5, 0.6) is 5.75 Å². The Bertz CT molecular complexity index is 652. The first-order valence-corrected chi connectivity index (χ1v) is 10.2. The predicted octanol–water partition coefficient (Wildman–Crippen LogP) is 3.43. The lowest BCUT2D eigenvalue weighted by molar-refractivity contribution is -0.149. The maximum Gasteiger partial charge on any atom is 0.308 e. The van der Waals surface area contributed by atoms with Gasteiger partial charge in [0.2, 0.25) is 0 Å². The normalized spacial score (nSPS) is 19.6. The summed E-state index contributed by atoms with van der Waals surface area (Å²) in [6.07, 6.45) is 5.32. The molecule has 28 heavy (non-hydrogen) atoms. The maximum absolute atomic E-state index is 11.9. The van der Waals surface area contributed by atoms with Crippen LogP contribution >= 0.6 is 0 Å². The van der Waals surface area contributed by atoms with E-state index in [1.807, 2.05) is 31.2 Å². The second kappa shape index (κ2) is 12.1. The number of benzene rings is 1. The summed E-state index contributed by atoms with van der Waals surface area (Å²) < 4.78 is 10.9. The Hall–Kier alpha value is -2.50. The number of para-hydroxylation sites is 1. The van der Waals surface area contributed by atoms with E-state index in [4.69, 9.17) is 14.5 Å². The Balaban J connectivity index is 1.93. The molecule has 0 radical (unpaired) electrons. The molecule has 6 heteroatoms. The van der Waals surface area contributed by atoms with Crippen LogP contribution in [0.2, 0.25) is 0 Å². The molecule has 1 fully saturated rings. The molecule has 6 nitrogen and oxygen atoms in total. The van der Waals surface area contributed by atoms with Crippen molar-refractivity contribution in [1.82, 2.24) is 10.6 Å². The van der Waals surface area contributed by atoms with Gasteiger partial charge in [-0.1, -0.05) is 30.9 Å². The first kappa shape index (κ1) is 21.8. The lowest BCUT2D eigenvalue weighted by Gasteiger charge is -2.29. The second-order valence-electron chi connectivity index (χ2n) is 6.85. The molecule has 0 amide bonds. The average Bonchev–Trinajstić information content (AvgIpc) is 2.72. The third kappa shape index (κ3) is 6.91. The van der Waals surface area contributed by atoms with Crippen molar-refractivity contribution in [3.05, 3.63) is 42.5 Å². The molecule has 1 aliphatic rings. The summed E-state index contributed by atoms with van der Waals surface area (Å²) in [5.74, 6) is 1.60. The van der Waals surface area contributed by atoms with Gasteiger partial charge in [-0.05, 0) is 45.6 Å². The molecule has 1 saturated carbocycles. The number of carbonyl (C=O) groups excluding carboxylic acids is 1. The summed E-state index contributed by atoms with van der Waals surface area (Å²) in [7, 11) is 0. The summed E-state index contributed by atoms with van der Waals surface area (Å²) >= 11 is 0. The molecule has 1 aliphatic carbocycles. The fraction of sp³-hybridized carbons (Fsp3) is 0.545. The molecule has 0 atom stereocenters. The quantitative estimate of drug-likeness (QED) is 0.294. The molecular formula is C22H33N3O3. The van der Waals surface area contributed by atoms with Crippen molar-refractivity contribution in [1.29, 1.82) is 0 Å². The summed E-state index contributed by atoms with van der Waals surface area (Å²) in [5.41, 5.74) is 1.03. The number of carbonyl (C=O) groups is 1. The number of rotatable bonds is 9. The van der Waals surface area contributed by atoms with Crippen LogP contribution < -0.4 is 15.4 Å². The minimum atomic E-state index is -0.0577. The van der Waals surface area contributed by atoms with Gasteiger partial charge in [0.1, 0.15) is 12.4 Å². The third-order valence-corrected chi connectivity index (χ3v) is 4.77. The van der Waals surface area contributed by atoms with Crippen molar-refractivity contribution in [3.8, 4) is 5.75 Å². The zero-order chi connectivity index (χ0) is 20.2. The van der Waals surface area contributed by atoms with Gasteiger partial charge in [0.05, 0.1) is 19.1 Å². The second-order valence-corrected chi connectivity index (χ2v) is 6.85. The minimum absolute atomic E-state index is 0.0337. The monoisotopic (exact) mass is 387 g/mol. The van der Waals surface area contributed by atoms with E-state index in [1.165, 1.54) is 0 Å². The van der Waals surface area contributed by atoms with Gasteiger partial charge in [-0.25, -0.2) is 4.99 Å². The molecule has 1 aromatic rings. The molecule has 154 valence electrons. The van der Waals surface area contributed by atoms with Crippen LogP contribution in [0.3, 0.4) is 0 Å². The molecule has 0 unspecified atom stereocenters. The van der Waals surface area contributed by atoms with Crippen LogP contribution in [0, 0.1) is 5.92 Å². The van der Waals surface area contributed by atoms with Gasteiger partial charge in [-0.3, -0.25) is 4.79 Å². The fourth-order valence-electron chi connectivity index (χ4n) is 3.34. The van der Waals surface area contributed by atoms with Gasteiger partial charge in [0.25, 0.3) is 0 Å². The molecular weight excluding hydrogens is 354 g/mol. The first-order valence-electron chi connectivity index (χ1n) is 10.2. The van der Waals surface area contributed by atoms with Crippen LogP contribution in [-0.4, -0.2) is 37.7 Å². The van der Waals surface area contributed by atoms with Crippen LogP contribution in [0.15, 0.2) is 41.9 Å². The van der Waals surface area contributed by atoms with Crippen LogP contribution in [0.25, 0.3) is 0 Å². The molecule has 0 saturated heterocycles. The lowest BCUT2D eigenvalue weighted by Crippen LogP contribution is -2.45. The number of nitrogens with one attached hydrogen (secondary N) is 2. The van der Waals surface area contributed by atoms with E-state index in [9.17, 15) is 4.79 Å². The molecule has 2 rings (SSSR count). The van der Waals surface area contributed by atoms with Crippen molar-refractivity contribution < 1.29 is 14.3 Å². The van der Waals surface area contributed by atoms with Crippen molar-refractivity contribution >= 4 is 11.9 Å². The predicted molar refractivity (Wildman–Crippen MR) is 112 cm³/mol. The van der Waals surface area contributed by atoms with E-state index >= 15 is 0 Å². The third-order valence-electron chi connectivity index (χ3n) is 4.77. The summed E-state index contributed by atoms with van der Waals surface area (Å²) in [6.45, 7) is 9.84. The largest absolute Gasteiger partial charge is 0.489 e. The van der Waals surface area contributed by atoms with Crippen LogP contribution in [0.1, 0.15) is 45.1 Å². The highest BCUT2D eigenvalue weighted by molar-refractivity contribution is 5.80. The van der Waals surface area contributed by atoms with E-state index in [0.29, 0.717) is 25.8 Å². The fourth-order valence-corrected chi connectivity index (χ4v) is 3.34. The molecule has 2 N–H and O–H groups in total. The van der Waals surface area contributed by atoms with Crippen molar-refractivity contribution in [2.45, 2.75) is 52.1 Å². The SMILES string of the molecule is C=CCOc1ccccc1CN=C(NCC)NC1CCC(C(=O)OCC)CC1. The molecule has 0 aliphatic heterocycles. The maximum atomic E-state index is 11.9. The van der Waals surface area contributed by atoms with Gasteiger partial charge in [0, 0.05) is 18.2 Å². The van der Waals surface area contributed by atoms with Gasteiger partial charge >= 0.3 is 5.97 Å². The summed E-state index contributed by atoms with van der Waals surface area (Å²) in [5, 5.41) is 6.82. The Morgan fingerprint density at radius 2 is 2.00 bits per heavy atom. The zero-order valence-electron chi connectivity index (χ0n) is 17.1. The summed E-state index contributed by atoms with van der Waals surface area (Å²) in [4.78, 5) is 16.6. The number of ether oxygens (including phenoxy) is 2. The van der Waals surface area contributed by atoms with Gasteiger partial charge in [0.15, 0.2) is 5.96 Å². The first-order chi connectivity index (χ1) is 13.7. The van der Waals surface area contributed by atoms with Crippen LogP contribution in [-0.2, 0) is 16.1 Å². The Morgan fingerprint density at radius 1 is 1.25 bits per heavy atom. The highest BCUT2D eigenvalue weighted by Crippen LogP contribution is 2.25.